The first-order valence-electron chi connectivity index (χ1n) is 6.76. The summed E-state index contributed by atoms with van der Waals surface area (Å²) in [5.74, 6) is 1.16. The van der Waals surface area contributed by atoms with Crippen LogP contribution < -0.4 is 11.2 Å². The average Bonchev–Trinajstić information content (AvgIpc) is 2.79. The second kappa shape index (κ2) is 4.62. The fourth-order valence-corrected chi connectivity index (χ4v) is 2.58. The maximum Gasteiger partial charge on any atom is 0.332 e. The largest absolute Gasteiger partial charge is 0.332 e. The van der Waals surface area contributed by atoms with Crippen molar-refractivity contribution in [3.8, 4) is 11.5 Å². The minimum Gasteiger partial charge on any atom is -0.320 e. The van der Waals surface area contributed by atoms with Crippen molar-refractivity contribution in [2.45, 2.75) is 13.8 Å². The number of hydrogen-bond acceptors (Lipinski definition) is 5. The normalized spacial score (nSPS) is 11.3. The highest BCUT2D eigenvalue weighted by Gasteiger charge is 2.18. The van der Waals surface area contributed by atoms with Crippen molar-refractivity contribution in [3.63, 3.8) is 0 Å². The number of rotatable bonds is 1. The molecule has 3 aromatic rings. The van der Waals surface area contributed by atoms with E-state index < -0.39 is 5.69 Å². The molecule has 0 aliphatic heterocycles. The highest BCUT2D eigenvalue weighted by Crippen LogP contribution is 2.19. The summed E-state index contributed by atoms with van der Waals surface area (Å²) in [6.45, 7) is 3.67. The maximum absolute atomic E-state index is 12.4. The van der Waals surface area contributed by atoms with E-state index in [0.717, 1.165) is 10.3 Å². The molecule has 0 fully saturated rings. The van der Waals surface area contributed by atoms with Gasteiger partial charge in [-0.05, 0) is 19.9 Å². The SMILES string of the molecule is Cc1cc(-c2nc3c(c(=O)n(C)c(=O)n3C)n2C)nc(C)n1. The van der Waals surface area contributed by atoms with Crippen LogP contribution >= 0.6 is 0 Å². The van der Waals surface area contributed by atoms with Crippen molar-refractivity contribution in [1.82, 2.24) is 28.7 Å². The van der Waals surface area contributed by atoms with Crippen molar-refractivity contribution < 1.29 is 0 Å². The van der Waals surface area contributed by atoms with Crippen molar-refractivity contribution in [2.75, 3.05) is 0 Å². The second-order valence-electron chi connectivity index (χ2n) is 5.31. The second-order valence-corrected chi connectivity index (χ2v) is 5.31. The van der Waals surface area contributed by atoms with Crippen LogP contribution in [0.3, 0.4) is 0 Å². The van der Waals surface area contributed by atoms with Crippen LogP contribution in [0.25, 0.3) is 22.7 Å². The highest BCUT2D eigenvalue weighted by molar-refractivity contribution is 5.75. The first-order valence-corrected chi connectivity index (χ1v) is 6.76. The molecule has 3 rings (SSSR count). The molecule has 0 aromatic carbocycles. The van der Waals surface area contributed by atoms with Crippen LogP contribution in [-0.4, -0.2) is 28.7 Å². The predicted molar refractivity (Wildman–Crippen MR) is 81.7 cm³/mol. The van der Waals surface area contributed by atoms with Gasteiger partial charge in [-0.15, -0.1) is 0 Å². The van der Waals surface area contributed by atoms with Crippen LogP contribution in [0.5, 0.6) is 0 Å². The van der Waals surface area contributed by atoms with E-state index in [0.29, 0.717) is 28.5 Å². The molecule has 0 unspecified atom stereocenters. The third-order valence-electron chi connectivity index (χ3n) is 3.67. The monoisotopic (exact) mass is 300 g/mol. The van der Waals surface area contributed by atoms with E-state index in [1.165, 1.54) is 11.6 Å². The molecule has 0 saturated carbocycles. The smallest absolute Gasteiger partial charge is 0.320 e. The average molecular weight is 300 g/mol. The first kappa shape index (κ1) is 14.2. The Balaban J connectivity index is 2.46. The molecule has 114 valence electrons. The number of aryl methyl sites for hydroxylation is 4. The number of nitrogens with zero attached hydrogens (tertiary/aromatic N) is 6. The third kappa shape index (κ3) is 1.87. The van der Waals surface area contributed by atoms with Gasteiger partial charge in [-0.1, -0.05) is 0 Å². The zero-order chi connectivity index (χ0) is 16.2. The predicted octanol–water partition coefficient (Wildman–Crippen LogP) is 0.0445. The Morgan fingerprint density at radius 3 is 2.23 bits per heavy atom. The molecule has 0 aliphatic carbocycles. The molecule has 0 saturated heterocycles. The number of aromatic nitrogens is 6. The third-order valence-corrected chi connectivity index (χ3v) is 3.67. The zero-order valence-corrected chi connectivity index (χ0v) is 13.1. The van der Waals surface area contributed by atoms with E-state index in [9.17, 15) is 9.59 Å². The van der Waals surface area contributed by atoms with Gasteiger partial charge in [0.25, 0.3) is 5.56 Å². The van der Waals surface area contributed by atoms with Crippen LogP contribution in [-0.2, 0) is 21.1 Å². The van der Waals surface area contributed by atoms with Gasteiger partial charge in [-0.25, -0.2) is 19.7 Å². The van der Waals surface area contributed by atoms with Gasteiger partial charge in [-0.3, -0.25) is 13.9 Å². The fraction of sp³-hybridized carbons (Fsp3) is 0.357. The number of hydrogen-bond donors (Lipinski definition) is 0. The lowest BCUT2D eigenvalue weighted by atomic mass is 10.3. The molecular weight excluding hydrogens is 284 g/mol. The summed E-state index contributed by atoms with van der Waals surface area (Å²) in [6.07, 6.45) is 0. The van der Waals surface area contributed by atoms with Gasteiger partial charge >= 0.3 is 5.69 Å². The van der Waals surface area contributed by atoms with Gasteiger partial charge < -0.3 is 4.57 Å². The molecule has 22 heavy (non-hydrogen) atoms. The van der Waals surface area contributed by atoms with Gasteiger partial charge in [0.2, 0.25) is 0 Å². The molecule has 0 spiro atoms. The molecular formula is C14H16N6O2. The summed E-state index contributed by atoms with van der Waals surface area (Å²) in [5, 5.41) is 0. The fourth-order valence-electron chi connectivity index (χ4n) is 2.58. The van der Waals surface area contributed by atoms with Gasteiger partial charge in [0.05, 0.1) is 0 Å². The minimum atomic E-state index is -0.405. The molecule has 3 aromatic heterocycles. The van der Waals surface area contributed by atoms with Crippen LogP contribution in [0.1, 0.15) is 11.5 Å². The van der Waals surface area contributed by atoms with E-state index in [1.54, 1.807) is 31.7 Å². The molecule has 0 N–H and O–H groups in total. The number of imidazole rings is 1. The Morgan fingerprint density at radius 1 is 0.909 bits per heavy atom. The Bertz CT molecular complexity index is 1000. The summed E-state index contributed by atoms with van der Waals surface area (Å²) in [6, 6.07) is 1.80. The topological polar surface area (TPSA) is 87.6 Å². The summed E-state index contributed by atoms with van der Waals surface area (Å²) < 4.78 is 4.10. The lowest BCUT2D eigenvalue weighted by Crippen LogP contribution is -2.37. The Labute approximate surface area is 125 Å². The molecule has 0 aliphatic rings. The lowest BCUT2D eigenvalue weighted by Gasteiger charge is -2.04. The van der Waals surface area contributed by atoms with Crippen LogP contribution in [0, 0.1) is 13.8 Å². The Kier molecular flexibility index (Phi) is 2.98. The van der Waals surface area contributed by atoms with E-state index in [1.807, 2.05) is 6.92 Å². The van der Waals surface area contributed by atoms with Crippen molar-refractivity contribution >= 4 is 11.2 Å². The Hall–Kier alpha value is -2.77. The summed E-state index contributed by atoms with van der Waals surface area (Å²) >= 11 is 0. The van der Waals surface area contributed by atoms with Gasteiger partial charge in [0, 0.05) is 26.8 Å². The van der Waals surface area contributed by atoms with Gasteiger partial charge in [0.15, 0.2) is 17.0 Å². The van der Waals surface area contributed by atoms with Crippen LogP contribution in [0.2, 0.25) is 0 Å². The van der Waals surface area contributed by atoms with Crippen molar-refractivity contribution in [3.05, 3.63) is 38.4 Å². The summed E-state index contributed by atoms with van der Waals surface area (Å²) in [7, 11) is 4.79. The standard InChI is InChI=1S/C14H16N6O2/c1-7-6-9(16-8(2)15-7)11-17-12-10(18(11)3)13(21)20(5)14(22)19(12)4/h6H,1-5H3. The molecule has 0 radical (unpaired) electrons. The van der Waals surface area contributed by atoms with E-state index in [4.69, 9.17) is 0 Å². The maximum atomic E-state index is 12.4. The van der Waals surface area contributed by atoms with E-state index in [2.05, 4.69) is 15.0 Å². The summed E-state index contributed by atoms with van der Waals surface area (Å²) in [5.41, 5.74) is 1.38. The molecule has 8 nitrogen and oxygen atoms in total. The number of fused-ring (bicyclic) bond motifs is 1. The molecule has 0 atom stereocenters. The molecule has 8 heteroatoms. The van der Waals surface area contributed by atoms with Crippen LogP contribution in [0.15, 0.2) is 15.7 Å². The molecule has 3 heterocycles. The van der Waals surface area contributed by atoms with Gasteiger partial charge in [0.1, 0.15) is 11.5 Å². The Morgan fingerprint density at radius 2 is 1.59 bits per heavy atom. The van der Waals surface area contributed by atoms with Crippen molar-refractivity contribution in [2.24, 2.45) is 21.1 Å². The van der Waals surface area contributed by atoms with E-state index >= 15 is 0 Å². The quantitative estimate of drug-likeness (QED) is 0.633. The molecule has 0 bridgehead atoms. The van der Waals surface area contributed by atoms with E-state index in [-0.39, 0.29) is 5.56 Å². The van der Waals surface area contributed by atoms with Crippen LogP contribution in [0.4, 0.5) is 0 Å². The van der Waals surface area contributed by atoms with Gasteiger partial charge in [-0.2, -0.15) is 0 Å². The van der Waals surface area contributed by atoms with Crippen molar-refractivity contribution in [1.29, 1.82) is 0 Å². The molecule has 0 amide bonds. The lowest BCUT2D eigenvalue weighted by molar-refractivity contribution is 0.705. The zero-order valence-electron chi connectivity index (χ0n) is 13.1. The highest BCUT2D eigenvalue weighted by atomic mass is 16.2. The summed E-state index contributed by atoms with van der Waals surface area (Å²) in [4.78, 5) is 37.4. The minimum absolute atomic E-state index is 0.347. The first-order chi connectivity index (χ1) is 10.3.